The number of nitrogen functional groups attached to an aromatic ring is 1. The number of phosphoric ester groups is 1. The zero-order valence-electron chi connectivity index (χ0n) is 17.2. The Bertz CT molecular complexity index is 1410. The second kappa shape index (κ2) is 9.88. The van der Waals surface area contributed by atoms with Gasteiger partial charge in [-0.25, -0.2) is 23.1 Å². The molecule has 0 radical (unpaired) electrons. The summed E-state index contributed by atoms with van der Waals surface area (Å²) in [7, 11) is -17.3. The van der Waals surface area contributed by atoms with Crippen molar-refractivity contribution in [3.05, 3.63) is 27.1 Å². The summed E-state index contributed by atoms with van der Waals surface area (Å²) in [5, 5.41) is 13.6. The lowest BCUT2D eigenvalue weighted by molar-refractivity contribution is -0.118. The van der Waals surface area contributed by atoms with Gasteiger partial charge >= 0.3 is 23.5 Å². The Morgan fingerprint density at radius 3 is 2.58 bits per heavy atom. The van der Waals surface area contributed by atoms with Crippen molar-refractivity contribution in [2.75, 3.05) is 18.9 Å². The van der Waals surface area contributed by atoms with E-state index in [-0.39, 0.29) is 17.1 Å². The quantitative estimate of drug-likeness (QED) is 0.0792. The van der Waals surface area contributed by atoms with Crippen LogP contribution >= 0.6 is 23.5 Å². The minimum Gasteiger partial charge on any atom is -0.387 e. The van der Waals surface area contributed by atoms with Gasteiger partial charge in [0.05, 0.1) is 19.5 Å². The first-order valence-corrected chi connectivity index (χ1v) is 13.5. The molecule has 6 atom stereocenters. The molecule has 21 nitrogen and oxygen atoms in total. The number of aromatic amines is 1. The predicted octanol–water partition coefficient (Wildman–Crippen LogP) is -0.678. The van der Waals surface area contributed by atoms with Crippen LogP contribution in [0.25, 0.3) is 21.6 Å². The van der Waals surface area contributed by atoms with E-state index in [4.69, 9.17) is 25.8 Å². The van der Waals surface area contributed by atoms with Crippen molar-refractivity contribution in [1.82, 2.24) is 19.5 Å². The molecule has 8 N–H and O–H groups in total. The molecule has 0 aliphatic carbocycles. The van der Waals surface area contributed by atoms with Crippen LogP contribution in [0.15, 0.2) is 16.2 Å². The molecule has 1 fully saturated rings. The van der Waals surface area contributed by atoms with E-state index >= 15 is 4.39 Å². The van der Waals surface area contributed by atoms with Gasteiger partial charge in [0.15, 0.2) is 23.6 Å². The van der Waals surface area contributed by atoms with Crippen LogP contribution in [0.2, 0.25) is 0 Å². The molecule has 25 heteroatoms. The van der Waals surface area contributed by atoms with Gasteiger partial charge in [-0.1, -0.05) is 5.11 Å². The lowest BCUT2D eigenvalue weighted by atomic mass is 9.97. The number of aliphatic hydroxyl groups is 1. The van der Waals surface area contributed by atoms with Crippen LogP contribution in [0.1, 0.15) is 6.23 Å². The first-order chi connectivity index (χ1) is 16.5. The highest BCUT2D eigenvalue weighted by Crippen LogP contribution is 2.66. The van der Waals surface area contributed by atoms with Gasteiger partial charge in [-0.3, -0.25) is 18.9 Å². The Kier molecular flexibility index (Phi) is 7.77. The maximum atomic E-state index is 15.2. The number of azide groups is 1. The highest BCUT2D eigenvalue weighted by molar-refractivity contribution is 7.66. The van der Waals surface area contributed by atoms with Crippen molar-refractivity contribution >= 4 is 40.6 Å². The minimum atomic E-state index is -5.88. The molecule has 0 saturated carbocycles. The summed E-state index contributed by atoms with van der Waals surface area (Å²) in [6, 6.07) is 0. The molecule has 0 aromatic carbocycles. The topological polar surface area (TPSA) is 328 Å². The summed E-state index contributed by atoms with van der Waals surface area (Å²) in [4.78, 5) is 60.1. The number of anilines is 1. The Labute approximate surface area is 196 Å². The number of halogens is 1. The average Bonchev–Trinajstić information content (AvgIpc) is 3.23. The van der Waals surface area contributed by atoms with Crippen LogP contribution in [0.4, 0.5) is 10.3 Å². The van der Waals surface area contributed by atoms with Gasteiger partial charge in [0.1, 0.15) is 11.7 Å². The number of nitrogens with zero attached hydrogens (tertiary/aromatic N) is 6. The lowest BCUT2D eigenvalue weighted by Gasteiger charge is -2.30. The Morgan fingerprint density at radius 1 is 1.31 bits per heavy atom. The molecule has 0 bridgehead atoms. The number of phosphoric acid groups is 3. The number of H-pyrrole nitrogens is 1. The standard InChI is InChI=1S/C11H16FN8O13P3/c12-4-6(21)11(1-16-19-14,2-30-35(26,27)33-36(28,29)32-34(23,24)25)31-9(4)20-3-15-5-7(20)17-10(13)18-8(5)22/h3-4,6,9,21H,1-2H2,(H,26,27)(H,28,29)(H2,23,24,25)(H3,13,17,18,22)/t4-,6+,9?,11-/m1/s1. The van der Waals surface area contributed by atoms with Gasteiger partial charge in [0.2, 0.25) is 5.95 Å². The van der Waals surface area contributed by atoms with E-state index in [1.165, 1.54) is 0 Å². The predicted molar refractivity (Wildman–Crippen MR) is 110 cm³/mol. The molecule has 2 aromatic heterocycles. The van der Waals surface area contributed by atoms with Gasteiger partial charge in [-0.05, 0) is 5.53 Å². The second-order valence-corrected chi connectivity index (χ2v) is 11.4. The Morgan fingerprint density at radius 2 is 1.97 bits per heavy atom. The second-order valence-electron chi connectivity index (χ2n) is 6.99. The summed E-state index contributed by atoms with van der Waals surface area (Å²) >= 11 is 0. The van der Waals surface area contributed by atoms with Crippen LogP contribution in [-0.2, 0) is 31.6 Å². The SMILES string of the molecule is [N-]=[N+]=NC[C@]1(COP(=O)(O)OP(=O)(O)OP(=O)(O)O)OC(n2cnc3c(=O)[nH]c(N)nc32)[C@H](F)[C@@H]1O. The molecule has 3 rings (SSSR count). The average molecular weight is 580 g/mol. The molecule has 1 aliphatic heterocycles. The summed E-state index contributed by atoms with van der Waals surface area (Å²) in [6.07, 6.45) is -5.61. The third-order valence-corrected chi connectivity index (χ3v) is 8.27. The van der Waals surface area contributed by atoms with Crippen LogP contribution in [0, 0.1) is 0 Å². The van der Waals surface area contributed by atoms with Crippen LogP contribution < -0.4 is 11.3 Å². The molecular formula is C11H16FN8O13P3. The molecule has 200 valence electrons. The number of ether oxygens (including phenoxy) is 1. The van der Waals surface area contributed by atoms with Gasteiger partial charge in [-0.2, -0.15) is 13.6 Å². The van der Waals surface area contributed by atoms with E-state index in [0.717, 1.165) is 10.9 Å². The van der Waals surface area contributed by atoms with E-state index in [0.29, 0.717) is 0 Å². The van der Waals surface area contributed by atoms with Gasteiger partial charge in [0.25, 0.3) is 5.56 Å². The van der Waals surface area contributed by atoms with Crippen LogP contribution in [-0.4, -0.2) is 75.2 Å². The van der Waals surface area contributed by atoms with E-state index in [2.05, 4.69) is 38.1 Å². The van der Waals surface area contributed by atoms with Crippen molar-refractivity contribution in [3.63, 3.8) is 0 Å². The zero-order chi connectivity index (χ0) is 27.1. The molecule has 36 heavy (non-hydrogen) atoms. The summed E-state index contributed by atoms with van der Waals surface area (Å²) in [5.74, 6) is -0.379. The first-order valence-electron chi connectivity index (χ1n) is 9.01. The fraction of sp³-hybridized carbons (Fsp3) is 0.545. The summed E-state index contributed by atoms with van der Waals surface area (Å²) < 4.78 is 67.3. The molecule has 0 amide bonds. The number of fused-ring (bicyclic) bond motifs is 1. The number of hydrogen-bond acceptors (Lipinski definition) is 13. The van der Waals surface area contributed by atoms with Crippen molar-refractivity contribution < 1.29 is 60.6 Å². The van der Waals surface area contributed by atoms with Gasteiger partial charge in [0, 0.05) is 4.91 Å². The van der Waals surface area contributed by atoms with Crippen LogP contribution in [0.5, 0.6) is 0 Å². The molecule has 1 aliphatic rings. The van der Waals surface area contributed by atoms with Crippen molar-refractivity contribution in [3.8, 4) is 0 Å². The van der Waals surface area contributed by atoms with E-state index < -0.39 is 66.3 Å². The van der Waals surface area contributed by atoms with Gasteiger partial charge in [-0.15, -0.1) is 0 Å². The number of alkyl halides is 1. The Balaban J connectivity index is 1.91. The molecule has 3 heterocycles. The van der Waals surface area contributed by atoms with Crippen LogP contribution in [0.3, 0.4) is 0 Å². The molecule has 1 saturated heterocycles. The van der Waals surface area contributed by atoms with Gasteiger partial charge < -0.3 is 35.2 Å². The summed E-state index contributed by atoms with van der Waals surface area (Å²) in [5.41, 5.74) is 10.3. The van der Waals surface area contributed by atoms with Crippen molar-refractivity contribution in [1.29, 1.82) is 0 Å². The highest BCUT2D eigenvalue weighted by atomic mass is 31.3. The number of aromatic nitrogens is 4. The molecular weight excluding hydrogens is 564 g/mol. The first kappa shape index (κ1) is 28.3. The van der Waals surface area contributed by atoms with Crippen molar-refractivity contribution in [2.45, 2.75) is 24.1 Å². The fourth-order valence-electron chi connectivity index (χ4n) is 3.10. The van der Waals surface area contributed by atoms with E-state index in [1.54, 1.807) is 0 Å². The van der Waals surface area contributed by atoms with Crippen molar-refractivity contribution in [2.24, 2.45) is 5.11 Å². The maximum absolute atomic E-state index is 15.2. The largest absolute Gasteiger partial charge is 0.490 e. The Hall–Kier alpha value is -2.28. The summed E-state index contributed by atoms with van der Waals surface area (Å²) in [6.45, 7) is -2.29. The maximum Gasteiger partial charge on any atom is 0.490 e. The minimum absolute atomic E-state index is 0.288. The number of aliphatic hydroxyl groups excluding tert-OH is 1. The van der Waals surface area contributed by atoms with E-state index in [1.807, 2.05) is 0 Å². The number of nitrogens with two attached hydrogens (primary N) is 1. The molecule has 3 unspecified atom stereocenters. The highest BCUT2D eigenvalue weighted by Gasteiger charge is 2.57. The smallest absolute Gasteiger partial charge is 0.387 e. The fourth-order valence-corrected chi connectivity index (χ4v) is 6.18. The number of hydrogen-bond donors (Lipinski definition) is 7. The molecule has 2 aromatic rings. The monoisotopic (exact) mass is 580 g/mol. The normalized spacial score (nSPS) is 27.9. The number of nitrogens with one attached hydrogen (secondary N) is 1. The lowest BCUT2D eigenvalue weighted by Crippen LogP contribution is -2.48. The number of rotatable bonds is 10. The molecule has 0 spiro atoms. The third kappa shape index (κ3) is 6.16. The number of imidazole rings is 1. The third-order valence-electron chi connectivity index (χ3n) is 4.48. The van der Waals surface area contributed by atoms with E-state index in [9.17, 15) is 33.4 Å². The zero-order valence-corrected chi connectivity index (χ0v) is 19.9.